The molecule has 1 N–H and O–H groups in total. The molecule has 1 aliphatic carbocycles. The van der Waals surface area contributed by atoms with E-state index in [-0.39, 0.29) is 16.2 Å². The average molecular weight is 451 g/mol. The van der Waals surface area contributed by atoms with Crippen molar-refractivity contribution in [2.24, 2.45) is 0 Å². The first kappa shape index (κ1) is 21.9. The van der Waals surface area contributed by atoms with Crippen molar-refractivity contribution in [2.75, 3.05) is 25.0 Å². The Morgan fingerprint density at radius 2 is 1.59 bits per heavy atom. The number of benzene rings is 3. The fourth-order valence-electron chi connectivity index (χ4n) is 3.82. The van der Waals surface area contributed by atoms with Crippen LogP contribution in [0.25, 0.3) is 0 Å². The number of nitrogens with zero attached hydrogens (tertiary/aromatic N) is 1. The van der Waals surface area contributed by atoms with Crippen LogP contribution in [0.15, 0.2) is 83.8 Å². The fraction of sp³-hybridized carbons (Fsp3) is 0.240. The maximum absolute atomic E-state index is 13.1. The van der Waals surface area contributed by atoms with E-state index in [9.17, 15) is 13.2 Å². The van der Waals surface area contributed by atoms with E-state index in [0.29, 0.717) is 23.5 Å². The molecule has 1 fully saturated rings. The summed E-state index contributed by atoms with van der Waals surface area (Å²) in [4.78, 5) is 12.8. The van der Waals surface area contributed by atoms with Gasteiger partial charge in [-0.15, -0.1) is 0 Å². The molecule has 0 aliphatic heterocycles. The van der Waals surface area contributed by atoms with Crippen molar-refractivity contribution in [1.82, 2.24) is 5.32 Å². The van der Waals surface area contributed by atoms with Gasteiger partial charge in [-0.05, 0) is 54.8 Å². The SMILES string of the molecule is COc1ccccc1N(C)S(=O)(=O)c1ccc(C(=O)NCC2(c3ccccc3)CC2)cc1. The fourth-order valence-corrected chi connectivity index (χ4v) is 5.02. The molecule has 3 aromatic rings. The Kier molecular flexibility index (Phi) is 5.93. The van der Waals surface area contributed by atoms with Crippen molar-refractivity contribution in [3.8, 4) is 5.75 Å². The zero-order chi connectivity index (χ0) is 22.8. The standard InChI is InChI=1S/C25H26N2O4S/c1-27(22-10-6-7-11-23(22)31-2)32(29,30)21-14-12-19(13-15-21)24(28)26-18-25(16-17-25)20-8-4-3-5-9-20/h3-15H,16-18H2,1-2H3,(H,26,28). The summed E-state index contributed by atoms with van der Waals surface area (Å²) in [6, 6.07) is 23.1. The highest BCUT2D eigenvalue weighted by atomic mass is 32.2. The molecule has 166 valence electrons. The third-order valence-electron chi connectivity index (χ3n) is 6.03. The topological polar surface area (TPSA) is 75.7 Å². The molecule has 1 amide bonds. The van der Waals surface area contributed by atoms with Gasteiger partial charge in [0.15, 0.2) is 0 Å². The number of ether oxygens (including phenoxy) is 1. The number of anilines is 1. The van der Waals surface area contributed by atoms with Crippen LogP contribution in [0, 0.1) is 0 Å². The van der Waals surface area contributed by atoms with Crippen LogP contribution in [0.3, 0.4) is 0 Å². The minimum Gasteiger partial charge on any atom is -0.495 e. The van der Waals surface area contributed by atoms with E-state index >= 15 is 0 Å². The molecule has 7 heteroatoms. The molecule has 0 unspecified atom stereocenters. The maximum atomic E-state index is 13.1. The van der Waals surface area contributed by atoms with Gasteiger partial charge in [0.05, 0.1) is 17.7 Å². The third kappa shape index (κ3) is 4.21. The number of amides is 1. The van der Waals surface area contributed by atoms with Crippen LogP contribution in [0.4, 0.5) is 5.69 Å². The average Bonchev–Trinajstić information content (AvgIpc) is 3.64. The lowest BCUT2D eigenvalue weighted by Gasteiger charge is -2.21. The zero-order valence-corrected chi connectivity index (χ0v) is 18.9. The highest BCUT2D eigenvalue weighted by Crippen LogP contribution is 2.47. The highest BCUT2D eigenvalue weighted by molar-refractivity contribution is 7.92. The molecule has 0 bridgehead atoms. The molecule has 0 spiro atoms. The van der Waals surface area contributed by atoms with Gasteiger partial charge in [0.1, 0.15) is 5.75 Å². The molecule has 32 heavy (non-hydrogen) atoms. The van der Waals surface area contributed by atoms with Crippen molar-refractivity contribution >= 4 is 21.6 Å². The smallest absolute Gasteiger partial charge is 0.264 e. The number of sulfonamides is 1. The lowest BCUT2D eigenvalue weighted by Crippen LogP contribution is -2.32. The largest absolute Gasteiger partial charge is 0.495 e. The number of hydrogen-bond acceptors (Lipinski definition) is 4. The molecule has 0 aromatic heterocycles. The summed E-state index contributed by atoms with van der Waals surface area (Å²) in [6.45, 7) is 0.562. The molecule has 1 saturated carbocycles. The minimum absolute atomic E-state index is 0.0116. The Balaban J connectivity index is 1.46. The molecule has 3 aromatic carbocycles. The molecule has 1 aliphatic rings. The molecule has 0 heterocycles. The van der Waals surface area contributed by atoms with E-state index in [2.05, 4.69) is 17.4 Å². The molecule has 0 atom stereocenters. The number of carbonyl (C=O) groups excluding carboxylic acids is 1. The van der Waals surface area contributed by atoms with Crippen LogP contribution < -0.4 is 14.4 Å². The number of para-hydroxylation sites is 2. The predicted octanol–water partition coefficient (Wildman–Crippen LogP) is 3.98. The molecular formula is C25H26N2O4S. The van der Waals surface area contributed by atoms with Gasteiger partial charge in [-0.2, -0.15) is 0 Å². The molecule has 0 saturated heterocycles. The van der Waals surface area contributed by atoms with Crippen molar-refractivity contribution in [3.05, 3.63) is 90.0 Å². The van der Waals surface area contributed by atoms with Crippen molar-refractivity contribution in [3.63, 3.8) is 0 Å². The lowest BCUT2D eigenvalue weighted by molar-refractivity contribution is 0.0949. The van der Waals surface area contributed by atoms with E-state index in [4.69, 9.17) is 4.74 Å². The van der Waals surface area contributed by atoms with Crippen LogP contribution in [-0.4, -0.2) is 35.0 Å². The van der Waals surface area contributed by atoms with Gasteiger partial charge in [0.2, 0.25) is 0 Å². The van der Waals surface area contributed by atoms with E-state index in [0.717, 1.165) is 12.8 Å². The quantitative estimate of drug-likeness (QED) is 0.563. The maximum Gasteiger partial charge on any atom is 0.264 e. The molecular weight excluding hydrogens is 424 g/mol. The van der Waals surface area contributed by atoms with E-state index in [1.807, 2.05) is 18.2 Å². The summed E-state index contributed by atoms with van der Waals surface area (Å²) in [5.41, 5.74) is 2.11. The minimum atomic E-state index is -3.81. The second kappa shape index (κ2) is 8.67. The van der Waals surface area contributed by atoms with Crippen LogP contribution >= 0.6 is 0 Å². The number of nitrogens with one attached hydrogen (secondary N) is 1. The number of carbonyl (C=O) groups is 1. The van der Waals surface area contributed by atoms with E-state index in [1.54, 1.807) is 36.4 Å². The van der Waals surface area contributed by atoms with Crippen molar-refractivity contribution in [1.29, 1.82) is 0 Å². The Bertz CT molecular complexity index is 1200. The van der Waals surface area contributed by atoms with Crippen LogP contribution in [0.5, 0.6) is 5.75 Å². The second-order valence-electron chi connectivity index (χ2n) is 8.00. The van der Waals surface area contributed by atoms with Crippen LogP contribution in [0.2, 0.25) is 0 Å². The van der Waals surface area contributed by atoms with Gasteiger partial charge in [-0.25, -0.2) is 8.42 Å². The lowest BCUT2D eigenvalue weighted by atomic mass is 9.96. The van der Waals surface area contributed by atoms with Crippen LogP contribution in [0.1, 0.15) is 28.8 Å². The molecule has 4 rings (SSSR count). The Morgan fingerprint density at radius 1 is 0.969 bits per heavy atom. The molecule has 6 nitrogen and oxygen atoms in total. The van der Waals surface area contributed by atoms with Gasteiger partial charge < -0.3 is 10.1 Å². The summed E-state index contributed by atoms with van der Waals surface area (Å²) in [5, 5.41) is 3.01. The van der Waals surface area contributed by atoms with Gasteiger partial charge >= 0.3 is 0 Å². The third-order valence-corrected chi connectivity index (χ3v) is 7.81. The number of methoxy groups -OCH3 is 1. The first-order chi connectivity index (χ1) is 15.4. The van der Waals surface area contributed by atoms with Crippen molar-refractivity contribution in [2.45, 2.75) is 23.2 Å². The number of rotatable bonds is 8. The molecule has 0 radical (unpaired) electrons. The Morgan fingerprint density at radius 3 is 2.22 bits per heavy atom. The summed E-state index contributed by atoms with van der Waals surface area (Å²) in [7, 11) is -0.832. The first-order valence-corrected chi connectivity index (χ1v) is 11.9. The normalized spacial score (nSPS) is 14.4. The van der Waals surface area contributed by atoms with Gasteiger partial charge in [-0.3, -0.25) is 9.10 Å². The van der Waals surface area contributed by atoms with Gasteiger partial charge in [0.25, 0.3) is 15.9 Å². The van der Waals surface area contributed by atoms with Gasteiger partial charge in [-0.1, -0.05) is 42.5 Å². The van der Waals surface area contributed by atoms with Crippen LogP contribution in [-0.2, 0) is 15.4 Å². The van der Waals surface area contributed by atoms with Gasteiger partial charge in [0, 0.05) is 24.6 Å². The van der Waals surface area contributed by atoms with E-state index in [1.165, 1.54) is 36.2 Å². The zero-order valence-electron chi connectivity index (χ0n) is 18.1. The summed E-state index contributed by atoms with van der Waals surface area (Å²) in [6.07, 6.45) is 2.09. The Labute approximate surface area is 188 Å². The summed E-state index contributed by atoms with van der Waals surface area (Å²) < 4.78 is 32.6. The first-order valence-electron chi connectivity index (χ1n) is 10.4. The van der Waals surface area contributed by atoms with Crippen molar-refractivity contribution < 1.29 is 17.9 Å². The Hall–Kier alpha value is -3.32. The predicted molar refractivity (Wildman–Crippen MR) is 125 cm³/mol. The summed E-state index contributed by atoms with van der Waals surface area (Å²) >= 11 is 0. The highest BCUT2D eigenvalue weighted by Gasteiger charge is 2.44. The monoisotopic (exact) mass is 450 g/mol. The van der Waals surface area contributed by atoms with E-state index < -0.39 is 10.0 Å². The second-order valence-corrected chi connectivity index (χ2v) is 9.97. The summed E-state index contributed by atoms with van der Waals surface area (Å²) in [5.74, 6) is 0.247. The number of hydrogen-bond donors (Lipinski definition) is 1.